The van der Waals surface area contributed by atoms with Crippen molar-refractivity contribution in [1.82, 2.24) is 4.90 Å². The number of carboxylic acid groups (broad SMARTS) is 1. The Bertz CT molecular complexity index is 500. The summed E-state index contributed by atoms with van der Waals surface area (Å²) < 4.78 is 0.962. The first kappa shape index (κ1) is 15.0. The van der Waals surface area contributed by atoms with Crippen LogP contribution in [-0.4, -0.2) is 28.4 Å². The van der Waals surface area contributed by atoms with Crippen molar-refractivity contribution in [1.29, 1.82) is 0 Å². The third kappa shape index (κ3) is 4.07. The molecule has 0 atom stereocenters. The van der Waals surface area contributed by atoms with E-state index in [2.05, 4.69) is 15.9 Å². The minimum absolute atomic E-state index is 0.00748. The number of hydrogen-bond donors (Lipinski definition) is 1. The number of carboxylic acids is 1. The van der Waals surface area contributed by atoms with Crippen LogP contribution in [0, 0.1) is 5.92 Å². The standard InChI is InChI=1S/C15H18BrNO3/c16-13-6-1-3-11(9-13)10-17(8-7-14(18)19)15(20)12-4-2-5-12/h1,3,6,9,12H,2,4-5,7-8,10H2,(H,18,19). The summed E-state index contributed by atoms with van der Waals surface area (Å²) in [5, 5.41) is 8.82. The van der Waals surface area contributed by atoms with E-state index in [1.54, 1.807) is 4.90 Å². The first-order chi connectivity index (χ1) is 9.56. The molecular formula is C15H18BrNO3. The van der Waals surface area contributed by atoms with Gasteiger partial charge in [-0.15, -0.1) is 0 Å². The van der Waals surface area contributed by atoms with Crippen molar-refractivity contribution in [2.24, 2.45) is 5.92 Å². The number of hydrogen-bond acceptors (Lipinski definition) is 2. The number of amides is 1. The van der Waals surface area contributed by atoms with Gasteiger partial charge in [0.25, 0.3) is 0 Å². The Morgan fingerprint density at radius 1 is 1.35 bits per heavy atom. The Kier molecular flexibility index (Phi) is 5.17. The van der Waals surface area contributed by atoms with Gasteiger partial charge in [0.2, 0.25) is 5.91 Å². The van der Waals surface area contributed by atoms with E-state index in [1.807, 2.05) is 24.3 Å². The molecule has 4 nitrogen and oxygen atoms in total. The maximum Gasteiger partial charge on any atom is 0.305 e. The lowest BCUT2D eigenvalue weighted by molar-refractivity contribution is -0.141. The number of rotatable bonds is 6. The highest BCUT2D eigenvalue weighted by Gasteiger charge is 2.29. The Morgan fingerprint density at radius 2 is 2.10 bits per heavy atom. The highest BCUT2D eigenvalue weighted by Crippen LogP contribution is 2.29. The summed E-state index contributed by atoms with van der Waals surface area (Å²) in [5.74, 6) is -0.681. The maximum atomic E-state index is 12.3. The van der Waals surface area contributed by atoms with E-state index >= 15 is 0 Å². The highest BCUT2D eigenvalue weighted by molar-refractivity contribution is 9.10. The minimum atomic E-state index is -0.870. The molecular weight excluding hydrogens is 322 g/mol. The van der Waals surface area contributed by atoms with E-state index in [1.165, 1.54) is 0 Å². The van der Waals surface area contributed by atoms with Crippen LogP contribution in [0.25, 0.3) is 0 Å². The third-order valence-electron chi connectivity index (χ3n) is 3.62. The van der Waals surface area contributed by atoms with Crippen molar-refractivity contribution in [2.45, 2.75) is 32.2 Å². The second-order valence-corrected chi connectivity index (χ2v) is 6.08. The SMILES string of the molecule is O=C(O)CCN(Cc1cccc(Br)c1)C(=O)C1CCC1. The lowest BCUT2D eigenvalue weighted by Crippen LogP contribution is -2.39. The Balaban J connectivity index is 2.04. The maximum absolute atomic E-state index is 12.3. The second kappa shape index (κ2) is 6.88. The molecule has 0 aromatic heterocycles. The van der Waals surface area contributed by atoms with Crippen LogP contribution in [0.15, 0.2) is 28.7 Å². The predicted molar refractivity (Wildman–Crippen MR) is 79.2 cm³/mol. The van der Waals surface area contributed by atoms with Crippen LogP contribution in [-0.2, 0) is 16.1 Å². The van der Waals surface area contributed by atoms with Gasteiger partial charge in [-0.2, -0.15) is 0 Å². The summed E-state index contributed by atoms with van der Waals surface area (Å²) in [5.41, 5.74) is 1.01. The zero-order valence-electron chi connectivity index (χ0n) is 11.2. The lowest BCUT2D eigenvalue weighted by atomic mass is 9.84. The van der Waals surface area contributed by atoms with Crippen LogP contribution in [0.3, 0.4) is 0 Å². The molecule has 0 bridgehead atoms. The van der Waals surface area contributed by atoms with Crippen molar-refractivity contribution >= 4 is 27.8 Å². The van der Waals surface area contributed by atoms with Crippen LogP contribution in [0.4, 0.5) is 0 Å². The fraction of sp³-hybridized carbons (Fsp3) is 0.467. The van der Waals surface area contributed by atoms with Gasteiger partial charge in [-0.05, 0) is 30.5 Å². The molecule has 108 valence electrons. The monoisotopic (exact) mass is 339 g/mol. The van der Waals surface area contributed by atoms with Crippen molar-refractivity contribution in [2.75, 3.05) is 6.54 Å². The molecule has 1 aliphatic carbocycles. The quantitative estimate of drug-likeness (QED) is 0.866. The molecule has 0 heterocycles. The first-order valence-electron chi connectivity index (χ1n) is 6.81. The van der Waals surface area contributed by atoms with Crippen LogP contribution >= 0.6 is 15.9 Å². The van der Waals surface area contributed by atoms with Crippen molar-refractivity contribution < 1.29 is 14.7 Å². The number of halogens is 1. The summed E-state index contributed by atoms with van der Waals surface area (Å²) in [6.45, 7) is 0.749. The van der Waals surface area contributed by atoms with Gasteiger partial charge >= 0.3 is 5.97 Å². The van der Waals surface area contributed by atoms with E-state index in [-0.39, 0.29) is 24.8 Å². The van der Waals surface area contributed by atoms with E-state index in [9.17, 15) is 9.59 Å². The molecule has 1 aliphatic rings. The van der Waals surface area contributed by atoms with Crippen LogP contribution in [0.2, 0.25) is 0 Å². The number of carbonyl (C=O) groups excluding carboxylic acids is 1. The number of aliphatic carboxylic acids is 1. The topological polar surface area (TPSA) is 57.6 Å². The van der Waals surface area contributed by atoms with E-state index < -0.39 is 5.97 Å². The summed E-state index contributed by atoms with van der Waals surface area (Å²) in [7, 11) is 0. The molecule has 0 aliphatic heterocycles. The summed E-state index contributed by atoms with van der Waals surface area (Å²) in [4.78, 5) is 24.8. The minimum Gasteiger partial charge on any atom is -0.481 e. The molecule has 1 saturated carbocycles. The fourth-order valence-corrected chi connectivity index (χ4v) is 2.71. The molecule has 0 radical (unpaired) electrons. The lowest BCUT2D eigenvalue weighted by Gasteiger charge is -2.31. The van der Waals surface area contributed by atoms with Gasteiger partial charge in [-0.1, -0.05) is 34.5 Å². The molecule has 5 heteroatoms. The van der Waals surface area contributed by atoms with Crippen molar-refractivity contribution in [3.63, 3.8) is 0 Å². The molecule has 1 fully saturated rings. The summed E-state index contributed by atoms with van der Waals surface area (Å²) >= 11 is 3.41. The first-order valence-corrected chi connectivity index (χ1v) is 7.60. The van der Waals surface area contributed by atoms with Gasteiger partial charge in [-0.25, -0.2) is 0 Å². The molecule has 1 aromatic rings. The van der Waals surface area contributed by atoms with Crippen LogP contribution < -0.4 is 0 Å². The smallest absolute Gasteiger partial charge is 0.305 e. The zero-order valence-corrected chi connectivity index (χ0v) is 12.8. The van der Waals surface area contributed by atoms with Gasteiger partial charge in [0.1, 0.15) is 0 Å². The van der Waals surface area contributed by atoms with E-state index in [0.29, 0.717) is 6.54 Å². The summed E-state index contributed by atoms with van der Waals surface area (Å²) in [6.07, 6.45) is 2.95. The molecule has 2 rings (SSSR count). The molecule has 1 N–H and O–H groups in total. The average Bonchev–Trinajstić information content (AvgIpc) is 2.32. The van der Waals surface area contributed by atoms with Crippen molar-refractivity contribution in [3.8, 4) is 0 Å². The number of benzene rings is 1. The largest absolute Gasteiger partial charge is 0.481 e. The molecule has 1 amide bonds. The van der Waals surface area contributed by atoms with Gasteiger partial charge < -0.3 is 10.0 Å². The molecule has 1 aromatic carbocycles. The Morgan fingerprint density at radius 3 is 2.65 bits per heavy atom. The fourth-order valence-electron chi connectivity index (χ4n) is 2.27. The number of carbonyl (C=O) groups is 2. The van der Waals surface area contributed by atoms with Gasteiger partial charge in [-0.3, -0.25) is 9.59 Å². The summed E-state index contributed by atoms with van der Waals surface area (Å²) in [6, 6.07) is 7.76. The highest BCUT2D eigenvalue weighted by atomic mass is 79.9. The third-order valence-corrected chi connectivity index (χ3v) is 4.12. The van der Waals surface area contributed by atoms with Gasteiger partial charge in [0.05, 0.1) is 6.42 Å². The second-order valence-electron chi connectivity index (χ2n) is 5.16. The van der Waals surface area contributed by atoms with E-state index in [4.69, 9.17) is 5.11 Å². The van der Waals surface area contributed by atoms with Gasteiger partial charge in [0, 0.05) is 23.5 Å². The molecule has 0 saturated heterocycles. The molecule has 0 spiro atoms. The zero-order chi connectivity index (χ0) is 14.5. The molecule has 0 unspecified atom stereocenters. The Hall–Kier alpha value is -1.36. The van der Waals surface area contributed by atoms with Crippen LogP contribution in [0.5, 0.6) is 0 Å². The Labute approximate surface area is 126 Å². The average molecular weight is 340 g/mol. The van der Waals surface area contributed by atoms with Gasteiger partial charge in [0.15, 0.2) is 0 Å². The predicted octanol–water partition coefficient (Wildman–Crippen LogP) is 3.05. The van der Waals surface area contributed by atoms with Crippen molar-refractivity contribution in [3.05, 3.63) is 34.3 Å². The normalized spacial score (nSPS) is 14.7. The van der Waals surface area contributed by atoms with Crippen LogP contribution in [0.1, 0.15) is 31.2 Å². The van der Waals surface area contributed by atoms with E-state index in [0.717, 1.165) is 29.3 Å². The number of nitrogens with zero attached hydrogens (tertiary/aromatic N) is 1. The molecule has 20 heavy (non-hydrogen) atoms.